The number of carbonyl (C=O) groups excluding carboxylic acids is 3. The Morgan fingerprint density at radius 2 is 1.74 bits per heavy atom. The number of hydrogen-bond acceptors (Lipinski definition) is 6. The van der Waals surface area contributed by atoms with Crippen molar-refractivity contribution >= 4 is 17.5 Å². The Labute approximate surface area is 154 Å². The van der Waals surface area contributed by atoms with E-state index in [-0.39, 0.29) is 46.2 Å². The Bertz CT molecular complexity index is 1090. The van der Waals surface area contributed by atoms with Gasteiger partial charge in [-0.3, -0.25) is 14.6 Å². The number of carbonyl (C=O) groups is 3. The molecule has 2 aromatic heterocycles. The maximum atomic E-state index is 13.1. The number of nitrogens with zero attached hydrogens (tertiary/aromatic N) is 2. The molecule has 0 fully saturated rings. The van der Waals surface area contributed by atoms with Crippen molar-refractivity contribution in [3.05, 3.63) is 82.8 Å². The fraction of sp³-hybridized carbons (Fsp3) is 0.0952. The molecule has 6 heteroatoms. The van der Waals surface area contributed by atoms with Crippen LogP contribution in [-0.2, 0) is 4.74 Å². The Kier molecular flexibility index (Phi) is 4.08. The normalized spacial score (nSPS) is 12.3. The third-order valence-corrected chi connectivity index (χ3v) is 4.29. The van der Waals surface area contributed by atoms with Gasteiger partial charge in [0.1, 0.15) is 11.4 Å². The topological polar surface area (TPSA) is 86.2 Å². The molecule has 0 bridgehead atoms. The number of ether oxygens (including phenoxy) is 1. The van der Waals surface area contributed by atoms with Crippen molar-refractivity contribution in [3.8, 4) is 11.3 Å². The molecule has 0 N–H and O–H groups in total. The van der Waals surface area contributed by atoms with Gasteiger partial charge in [0.15, 0.2) is 5.78 Å². The number of aromatic nitrogens is 2. The maximum absolute atomic E-state index is 13.1. The van der Waals surface area contributed by atoms with Crippen molar-refractivity contribution in [2.45, 2.75) is 6.92 Å². The molecule has 0 unspecified atom stereocenters. The summed E-state index contributed by atoms with van der Waals surface area (Å²) in [5, 5.41) is 0. The molecule has 132 valence electrons. The second-order valence-corrected chi connectivity index (χ2v) is 5.92. The van der Waals surface area contributed by atoms with E-state index in [0.717, 1.165) is 0 Å². The molecule has 2 heterocycles. The Morgan fingerprint density at radius 3 is 2.48 bits per heavy atom. The lowest BCUT2D eigenvalue weighted by molar-refractivity contribution is 0.0519. The number of esters is 1. The zero-order chi connectivity index (χ0) is 19.0. The number of rotatable bonds is 3. The van der Waals surface area contributed by atoms with Gasteiger partial charge >= 0.3 is 5.97 Å². The zero-order valence-electron chi connectivity index (χ0n) is 14.4. The average Bonchev–Trinajstić information content (AvgIpc) is 2.72. The molecule has 27 heavy (non-hydrogen) atoms. The number of hydrogen-bond donors (Lipinski definition) is 0. The maximum Gasteiger partial charge on any atom is 0.356 e. The van der Waals surface area contributed by atoms with Gasteiger partial charge in [-0.1, -0.05) is 30.3 Å². The van der Waals surface area contributed by atoms with Gasteiger partial charge in [-0.25, -0.2) is 9.78 Å². The molecule has 6 nitrogen and oxygen atoms in total. The van der Waals surface area contributed by atoms with Gasteiger partial charge in [0.2, 0.25) is 5.78 Å². The molecule has 1 aliphatic carbocycles. The average molecular weight is 358 g/mol. The molecule has 0 aliphatic heterocycles. The quantitative estimate of drug-likeness (QED) is 0.523. The molecule has 3 aromatic rings. The van der Waals surface area contributed by atoms with Crippen LogP contribution in [0, 0.1) is 0 Å². The first-order chi connectivity index (χ1) is 13.1. The molecule has 0 atom stereocenters. The van der Waals surface area contributed by atoms with Crippen molar-refractivity contribution in [2.24, 2.45) is 0 Å². The number of ketones is 2. The summed E-state index contributed by atoms with van der Waals surface area (Å²) in [6.07, 6.45) is 1.46. The molecule has 0 radical (unpaired) electrons. The minimum atomic E-state index is -0.649. The van der Waals surface area contributed by atoms with E-state index in [1.807, 2.05) is 6.07 Å². The van der Waals surface area contributed by atoms with Crippen LogP contribution in [0.25, 0.3) is 11.3 Å². The molecule has 1 aliphatic rings. The number of benzene rings is 1. The summed E-state index contributed by atoms with van der Waals surface area (Å²) >= 11 is 0. The van der Waals surface area contributed by atoms with Gasteiger partial charge in [-0.2, -0.15) is 0 Å². The highest BCUT2D eigenvalue weighted by molar-refractivity contribution is 6.29. The summed E-state index contributed by atoms with van der Waals surface area (Å²) < 4.78 is 5.03. The van der Waals surface area contributed by atoms with Gasteiger partial charge in [0.25, 0.3) is 0 Å². The molecular formula is C21H14N2O4. The largest absolute Gasteiger partial charge is 0.461 e. The van der Waals surface area contributed by atoms with E-state index in [1.54, 1.807) is 43.3 Å². The highest BCUT2D eigenvalue weighted by Crippen LogP contribution is 2.33. The minimum Gasteiger partial charge on any atom is -0.461 e. The fourth-order valence-electron chi connectivity index (χ4n) is 3.10. The molecule has 4 rings (SSSR count). The summed E-state index contributed by atoms with van der Waals surface area (Å²) in [5.41, 5.74) is 1.50. The van der Waals surface area contributed by atoms with Gasteiger partial charge in [0, 0.05) is 17.3 Å². The SMILES string of the molecule is CCOC(=O)c1cc2c(c(-c3ccccc3)n1)C(=O)c1cccnc1C2=O. The second-order valence-electron chi connectivity index (χ2n) is 5.92. The van der Waals surface area contributed by atoms with Gasteiger partial charge in [0.05, 0.1) is 23.4 Å². The first-order valence-electron chi connectivity index (χ1n) is 8.43. The van der Waals surface area contributed by atoms with Crippen LogP contribution < -0.4 is 0 Å². The minimum absolute atomic E-state index is 0.0185. The lowest BCUT2D eigenvalue weighted by Crippen LogP contribution is -2.25. The van der Waals surface area contributed by atoms with Crippen LogP contribution in [0.15, 0.2) is 54.7 Å². The van der Waals surface area contributed by atoms with Crippen LogP contribution in [0.1, 0.15) is 49.4 Å². The van der Waals surface area contributed by atoms with Crippen LogP contribution >= 0.6 is 0 Å². The van der Waals surface area contributed by atoms with Gasteiger partial charge in [-0.05, 0) is 25.1 Å². The molecule has 1 aromatic carbocycles. The van der Waals surface area contributed by atoms with E-state index < -0.39 is 11.8 Å². The van der Waals surface area contributed by atoms with Crippen LogP contribution in [0.3, 0.4) is 0 Å². The Hall–Kier alpha value is -3.67. The predicted octanol–water partition coefficient (Wildman–Crippen LogP) is 3.10. The van der Waals surface area contributed by atoms with E-state index >= 15 is 0 Å². The lowest BCUT2D eigenvalue weighted by atomic mass is 9.84. The van der Waals surface area contributed by atoms with Crippen molar-refractivity contribution in [3.63, 3.8) is 0 Å². The fourth-order valence-corrected chi connectivity index (χ4v) is 3.10. The highest BCUT2D eigenvalue weighted by Gasteiger charge is 2.35. The smallest absolute Gasteiger partial charge is 0.356 e. The van der Waals surface area contributed by atoms with Crippen molar-refractivity contribution in [2.75, 3.05) is 6.61 Å². The summed E-state index contributed by atoms with van der Waals surface area (Å²) in [7, 11) is 0. The van der Waals surface area contributed by atoms with E-state index in [9.17, 15) is 14.4 Å². The van der Waals surface area contributed by atoms with Gasteiger partial charge in [-0.15, -0.1) is 0 Å². The zero-order valence-corrected chi connectivity index (χ0v) is 14.4. The molecular weight excluding hydrogens is 344 g/mol. The van der Waals surface area contributed by atoms with E-state index in [0.29, 0.717) is 5.56 Å². The van der Waals surface area contributed by atoms with Crippen molar-refractivity contribution in [1.29, 1.82) is 0 Å². The van der Waals surface area contributed by atoms with Crippen LogP contribution in [0.2, 0.25) is 0 Å². The summed E-state index contributed by atoms with van der Waals surface area (Å²) in [4.78, 5) is 46.8. The third-order valence-electron chi connectivity index (χ3n) is 4.29. The highest BCUT2D eigenvalue weighted by atomic mass is 16.5. The first kappa shape index (κ1) is 16.8. The predicted molar refractivity (Wildman–Crippen MR) is 96.7 cm³/mol. The van der Waals surface area contributed by atoms with Gasteiger partial charge < -0.3 is 4.74 Å². The summed E-state index contributed by atoms with van der Waals surface area (Å²) in [6.45, 7) is 1.86. The van der Waals surface area contributed by atoms with E-state index in [2.05, 4.69) is 9.97 Å². The lowest BCUT2D eigenvalue weighted by Gasteiger charge is -2.20. The Morgan fingerprint density at radius 1 is 0.963 bits per heavy atom. The van der Waals surface area contributed by atoms with E-state index in [1.165, 1.54) is 12.3 Å². The number of pyridine rings is 2. The third kappa shape index (κ3) is 2.71. The molecule has 0 saturated heterocycles. The number of fused-ring (bicyclic) bond motifs is 2. The molecule has 0 saturated carbocycles. The first-order valence-corrected chi connectivity index (χ1v) is 8.43. The van der Waals surface area contributed by atoms with Crippen LogP contribution in [0.5, 0.6) is 0 Å². The second kappa shape index (κ2) is 6.57. The molecule has 0 spiro atoms. The Balaban J connectivity index is 2.02. The van der Waals surface area contributed by atoms with Crippen LogP contribution in [0.4, 0.5) is 0 Å². The van der Waals surface area contributed by atoms with E-state index in [4.69, 9.17) is 4.74 Å². The standard InChI is InChI=1S/C21H14N2O4/c1-2-27-21(26)15-11-14-16(17(23-15)12-7-4-3-5-8-12)19(24)13-9-6-10-22-18(13)20(14)25/h3-11H,2H2,1H3. The van der Waals surface area contributed by atoms with Crippen molar-refractivity contribution < 1.29 is 19.1 Å². The summed E-state index contributed by atoms with van der Waals surface area (Å²) in [5.74, 6) is -1.40. The van der Waals surface area contributed by atoms with Crippen molar-refractivity contribution in [1.82, 2.24) is 9.97 Å². The van der Waals surface area contributed by atoms with Crippen LogP contribution in [-0.4, -0.2) is 34.1 Å². The summed E-state index contributed by atoms with van der Waals surface area (Å²) in [6, 6.07) is 13.5. The molecule has 0 amide bonds. The monoisotopic (exact) mass is 358 g/mol.